The molecular formula is C17H21NO. The summed E-state index contributed by atoms with van der Waals surface area (Å²) in [6, 6.07) is 16.7. The van der Waals surface area contributed by atoms with Gasteiger partial charge in [0.25, 0.3) is 0 Å². The normalized spacial score (nSPS) is 17.4. The first-order chi connectivity index (χ1) is 11.2. The van der Waals surface area contributed by atoms with Crippen LogP contribution in [-0.2, 0) is 0 Å². The number of benzene rings is 2. The van der Waals surface area contributed by atoms with Crippen molar-refractivity contribution in [3.8, 4) is 5.75 Å². The molecule has 1 N–H and O–H groups in total. The van der Waals surface area contributed by atoms with E-state index in [4.69, 9.17) is 11.6 Å². The lowest BCUT2D eigenvalue weighted by atomic mass is 10.1. The van der Waals surface area contributed by atoms with Crippen LogP contribution in [0, 0.1) is 6.92 Å². The van der Waals surface area contributed by atoms with E-state index in [0.29, 0.717) is 5.75 Å². The third-order valence-corrected chi connectivity index (χ3v) is 2.91. The number of rotatable bonds is 6. The molecule has 1 atom stereocenters. The number of ether oxygens (including phenoxy) is 1. The molecule has 0 aliphatic heterocycles. The van der Waals surface area contributed by atoms with Crippen molar-refractivity contribution in [3.63, 3.8) is 0 Å². The van der Waals surface area contributed by atoms with Crippen molar-refractivity contribution >= 4 is 0 Å². The Kier molecular flexibility index (Phi) is 3.07. The lowest BCUT2D eigenvalue weighted by Crippen LogP contribution is -2.16. The highest BCUT2D eigenvalue weighted by Gasteiger charge is 2.13. The molecule has 0 aliphatic carbocycles. The maximum absolute atomic E-state index is 8.00. The SMILES string of the molecule is [2H]C([2H])([2H])NC([2H])([2H])CC(Oc1ccccc1C)c1ccccc1. The molecule has 0 aromatic heterocycles. The van der Waals surface area contributed by atoms with Crippen LogP contribution in [0.1, 0.15) is 30.5 Å². The van der Waals surface area contributed by atoms with Gasteiger partial charge in [0.15, 0.2) is 0 Å². The zero-order valence-corrected chi connectivity index (χ0v) is 10.9. The largest absolute Gasteiger partial charge is 0.485 e. The van der Waals surface area contributed by atoms with Crippen molar-refractivity contribution in [1.29, 1.82) is 0 Å². The van der Waals surface area contributed by atoms with E-state index in [0.717, 1.165) is 11.1 Å². The van der Waals surface area contributed by atoms with Crippen LogP contribution in [0.3, 0.4) is 0 Å². The molecular weight excluding hydrogens is 234 g/mol. The lowest BCUT2D eigenvalue weighted by molar-refractivity contribution is 0.193. The highest BCUT2D eigenvalue weighted by atomic mass is 16.5. The molecule has 0 spiro atoms. The van der Waals surface area contributed by atoms with Gasteiger partial charge < -0.3 is 10.1 Å². The Balaban J connectivity index is 2.26. The second-order valence-corrected chi connectivity index (χ2v) is 4.29. The fourth-order valence-electron chi connectivity index (χ4n) is 1.88. The van der Waals surface area contributed by atoms with Gasteiger partial charge in [0, 0.05) is 13.3 Å². The molecule has 2 heteroatoms. The summed E-state index contributed by atoms with van der Waals surface area (Å²) < 4.78 is 43.7. The molecule has 0 amide bonds. The first kappa shape index (κ1) is 8.39. The number of hydrogen-bond acceptors (Lipinski definition) is 2. The molecule has 19 heavy (non-hydrogen) atoms. The van der Waals surface area contributed by atoms with Crippen LogP contribution >= 0.6 is 0 Å². The Hall–Kier alpha value is -1.80. The van der Waals surface area contributed by atoms with Crippen molar-refractivity contribution < 1.29 is 11.6 Å². The van der Waals surface area contributed by atoms with Crippen molar-refractivity contribution in [3.05, 3.63) is 65.7 Å². The van der Waals surface area contributed by atoms with Gasteiger partial charge in [-0.05, 0) is 37.6 Å². The fourth-order valence-corrected chi connectivity index (χ4v) is 1.88. The molecule has 0 saturated heterocycles. The van der Waals surface area contributed by atoms with Gasteiger partial charge >= 0.3 is 0 Å². The van der Waals surface area contributed by atoms with Gasteiger partial charge in [-0.1, -0.05) is 48.5 Å². The van der Waals surface area contributed by atoms with E-state index >= 15 is 0 Å². The minimum absolute atomic E-state index is 0.135. The first-order valence-corrected chi connectivity index (χ1v) is 6.23. The Bertz CT molecular complexity index is 658. The van der Waals surface area contributed by atoms with Crippen LogP contribution in [0.2, 0.25) is 0 Å². The van der Waals surface area contributed by atoms with Gasteiger partial charge in [-0.25, -0.2) is 0 Å². The summed E-state index contributed by atoms with van der Waals surface area (Å²) in [6.45, 7) is -2.76. The Labute approximate surface area is 122 Å². The number of nitrogens with one attached hydrogen (secondary N) is 1. The van der Waals surface area contributed by atoms with Gasteiger partial charge in [0.05, 0.1) is 0 Å². The zero-order chi connectivity index (χ0) is 17.8. The maximum atomic E-state index is 8.00. The molecule has 2 nitrogen and oxygen atoms in total. The van der Waals surface area contributed by atoms with Crippen molar-refractivity contribution in [2.45, 2.75) is 19.4 Å². The summed E-state index contributed by atoms with van der Waals surface area (Å²) in [4.78, 5) is 0. The van der Waals surface area contributed by atoms with Crippen LogP contribution in [-0.4, -0.2) is 13.5 Å². The van der Waals surface area contributed by atoms with Gasteiger partial charge in [0.2, 0.25) is 0 Å². The molecule has 0 fully saturated rings. The molecule has 0 saturated carbocycles. The van der Waals surface area contributed by atoms with Crippen molar-refractivity contribution in [2.24, 2.45) is 0 Å². The predicted octanol–water partition coefficient (Wildman–Crippen LogP) is 3.72. The summed E-state index contributed by atoms with van der Waals surface area (Å²) in [5.41, 5.74) is 1.72. The average molecular weight is 260 g/mol. The average Bonchev–Trinajstić information content (AvgIpc) is 2.47. The van der Waals surface area contributed by atoms with Gasteiger partial charge in [-0.2, -0.15) is 0 Å². The van der Waals surface area contributed by atoms with Crippen LogP contribution < -0.4 is 10.1 Å². The van der Waals surface area contributed by atoms with Crippen molar-refractivity contribution in [1.82, 2.24) is 5.32 Å². The van der Waals surface area contributed by atoms with E-state index in [-0.39, 0.29) is 6.42 Å². The van der Waals surface area contributed by atoms with Crippen molar-refractivity contribution in [2.75, 3.05) is 13.5 Å². The standard InChI is InChI=1S/C17H21NO/c1-14-8-6-7-11-16(14)19-17(12-13-18-2)15-9-4-3-5-10-15/h3-11,17-18H,12-13H2,1-2H3/i2D3,13D2. The van der Waals surface area contributed by atoms with Crippen LogP contribution in [0.25, 0.3) is 0 Å². The zero-order valence-electron chi connectivity index (χ0n) is 15.9. The highest BCUT2D eigenvalue weighted by Crippen LogP contribution is 2.26. The van der Waals surface area contributed by atoms with E-state index < -0.39 is 19.6 Å². The third-order valence-electron chi connectivity index (χ3n) is 2.91. The Morgan fingerprint density at radius 2 is 1.89 bits per heavy atom. The van der Waals surface area contributed by atoms with Crippen LogP contribution in [0.15, 0.2) is 54.6 Å². The predicted molar refractivity (Wildman–Crippen MR) is 79.5 cm³/mol. The molecule has 2 aromatic rings. The molecule has 0 heterocycles. The summed E-state index contributed by atoms with van der Waals surface area (Å²) in [5, 5.41) is 2.05. The first-order valence-electron chi connectivity index (χ1n) is 8.73. The molecule has 0 radical (unpaired) electrons. The maximum Gasteiger partial charge on any atom is 0.125 e. The lowest BCUT2D eigenvalue weighted by Gasteiger charge is -2.20. The molecule has 2 rings (SSSR count). The molecule has 0 aliphatic rings. The van der Waals surface area contributed by atoms with Gasteiger partial charge in [-0.3, -0.25) is 0 Å². The summed E-state index contributed by atoms with van der Waals surface area (Å²) in [6.07, 6.45) is -0.749. The van der Waals surface area contributed by atoms with Crippen LogP contribution in [0.5, 0.6) is 5.75 Å². The van der Waals surface area contributed by atoms with E-state index in [9.17, 15) is 0 Å². The highest BCUT2D eigenvalue weighted by molar-refractivity contribution is 5.33. The minimum atomic E-state index is -2.56. The van der Waals surface area contributed by atoms with E-state index in [1.165, 1.54) is 0 Å². The Morgan fingerprint density at radius 1 is 1.16 bits per heavy atom. The molecule has 100 valence electrons. The second-order valence-electron chi connectivity index (χ2n) is 4.29. The third kappa shape index (κ3) is 3.83. The summed E-state index contributed by atoms with van der Waals surface area (Å²) in [7, 11) is 0. The number of hydrogen-bond donors (Lipinski definition) is 1. The van der Waals surface area contributed by atoms with E-state index in [1.807, 2.05) is 66.8 Å². The quantitative estimate of drug-likeness (QED) is 0.854. The molecule has 1 unspecified atom stereocenters. The monoisotopic (exact) mass is 260 g/mol. The summed E-state index contributed by atoms with van der Waals surface area (Å²) in [5.74, 6) is 0.649. The summed E-state index contributed by atoms with van der Waals surface area (Å²) >= 11 is 0. The topological polar surface area (TPSA) is 21.3 Å². The van der Waals surface area contributed by atoms with Gasteiger partial charge in [-0.15, -0.1) is 0 Å². The molecule has 0 bridgehead atoms. The van der Waals surface area contributed by atoms with E-state index in [2.05, 4.69) is 0 Å². The van der Waals surface area contributed by atoms with Gasteiger partial charge in [0.1, 0.15) is 11.9 Å². The number of para-hydroxylation sites is 1. The molecule has 2 aromatic carbocycles. The fraction of sp³-hybridized carbons (Fsp3) is 0.294. The second kappa shape index (κ2) is 6.95. The smallest absolute Gasteiger partial charge is 0.125 e. The van der Waals surface area contributed by atoms with Crippen LogP contribution in [0.4, 0.5) is 0 Å². The Morgan fingerprint density at radius 3 is 2.63 bits per heavy atom. The number of aryl methyl sites for hydroxylation is 1. The minimum Gasteiger partial charge on any atom is -0.485 e. The van der Waals surface area contributed by atoms with E-state index in [1.54, 1.807) is 0 Å².